The van der Waals surface area contributed by atoms with Crippen molar-refractivity contribution in [1.29, 1.82) is 0 Å². The highest BCUT2D eigenvalue weighted by molar-refractivity contribution is 5.79. The van der Waals surface area contributed by atoms with Crippen molar-refractivity contribution < 1.29 is 0 Å². The molecule has 2 aromatic rings. The molecule has 0 aliphatic heterocycles. The molecule has 78 valence electrons. The quantitative estimate of drug-likeness (QED) is 0.653. The lowest BCUT2D eigenvalue weighted by Crippen LogP contribution is -2.20. The molecule has 0 N–H and O–H groups in total. The standard InChI is InChI=1S/C12H14N2O/c1-7-5-10-11(6-8(7)2)13-9(3)14(4)12(10)15/h5-6H,1-4H3. The third-order valence-electron chi connectivity index (χ3n) is 2.91. The smallest absolute Gasteiger partial charge is 0.261 e. The molecule has 0 aliphatic rings. The van der Waals surface area contributed by atoms with Crippen LogP contribution in [0.15, 0.2) is 16.9 Å². The van der Waals surface area contributed by atoms with Crippen LogP contribution in [0.5, 0.6) is 0 Å². The van der Waals surface area contributed by atoms with E-state index in [2.05, 4.69) is 4.98 Å². The SMILES string of the molecule is Cc1cc2nc(C)n(C)c(=O)c2cc1C. The molecule has 1 aromatic carbocycles. The molecule has 1 aromatic heterocycles. The van der Waals surface area contributed by atoms with E-state index < -0.39 is 0 Å². The van der Waals surface area contributed by atoms with Crippen molar-refractivity contribution in [3.63, 3.8) is 0 Å². The largest absolute Gasteiger partial charge is 0.299 e. The van der Waals surface area contributed by atoms with Gasteiger partial charge in [-0.2, -0.15) is 0 Å². The lowest BCUT2D eigenvalue weighted by atomic mass is 10.1. The molecular formula is C12H14N2O. The molecule has 3 heteroatoms. The van der Waals surface area contributed by atoms with Crippen LogP contribution in [0, 0.1) is 20.8 Å². The third-order valence-corrected chi connectivity index (χ3v) is 2.91. The topological polar surface area (TPSA) is 34.9 Å². The second-order valence-electron chi connectivity index (χ2n) is 3.98. The fraction of sp³-hybridized carbons (Fsp3) is 0.333. The van der Waals surface area contributed by atoms with Gasteiger partial charge in [-0.25, -0.2) is 4.98 Å². The minimum absolute atomic E-state index is 0.0283. The van der Waals surface area contributed by atoms with E-state index in [0.29, 0.717) is 5.39 Å². The fourth-order valence-corrected chi connectivity index (χ4v) is 1.64. The van der Waals surface area contributed by atoms with Gasteiger partial charge in [0.2, 0.25) is 0 Å². The molecule has 0 atom stereocenters. The summed E-state index contributed by atoms with van der Waals surface area (Å²) in [6.07, 6.45) is 0. The monoisotopic (exact) mass is 202 g/mol. The van der Waals surface area contributed by atoms with Crippen molar-refractivity contribution in [2.75, 3.05) is 0 Å². The summed E-state index contributed by atoms with van der Waals surface area (Å²) in [4.78, 5) is 16.3. The summed E-state index contributed by atoms with van der Waals surface area (Å²) in [5.74, 6) is 0.746. The van der Waals surface area contributed by atoms with Gasteiger partial charge < -0.3 is 0 Å². The van der Waals surface area contributed by atoms with Crippen LogP contribution in [-0.4, -0.2) is 9.55 Å². The molecule has 0 amide bonds. The molecule has 15 heavy (non-hydrogen) atoms. The van der Waals surface area contributed by atoms with Crippen LogP contribution < -0.4 is 5.56 Å². The van der Waals surface area contributed by atoms with Gasteiger partial charge >= 0.3 is 0 Å². The molecule has 0 unspecified atom stereocenters. The zero-order valence-corrected chi connectivity index (χ0v) is 9.46. The summed E-state index contributed by atoms with van der Waals surface area (Å²) in [5, 5.41) is 0.700. The third kappa shape index (κ3) is 1.44. The van der Waals surface area contributed by atoms with E-state index in [0.717, 1.165) is 16.9 Å². The van der Waals surface area contributed by atoms with Crippen LogP contribution in [0.3, 0.4) is 0 Å². The average molecular weight is 202 g/mol. The van der Waals surface area contributed by atoms with Crippen LogP contribution in [0.2, 0.25) is 0 Å². The van der Waals surface area contributed by atoms with E-state index in [1.807, 2.05) is 32.9 Å². The predicted octanol–water partition coefficient (Wildman–Crippen LogP) is 1.86. The molecule has 3 nitrogen and oxygen atoms in total. The maximum Gasteiger partial charge on any atom is 0.261 e. The number of aromatic nitrogens is 2. The van der Waals surface area contributed by atoms with E-state index in [1.54, 1.807) is 11.6 Å². The molecule has 0 bridgehead atoms. The van der Waals surface area contributed by atoms with Gasteiger partial charge in [-0.3, -0.25) is 9.36 Å². The van der Waals surface area contributed by atoms with Gasteiger partial charge in [-0.15, -0.1) is 0 Å². The molecule has 0 saturated heterocycles. The summed E-state index contributed by atoms with van der Waals surface area (Å²) in [7, 11) is 1.75. The van der Waals surface area contributed by atoms with Gasteiger partial charge in [-0.1, -0.05) is 0 Å². The first-order valence-electron chi connectivity index (χ1n) is 4.95. The number of benzene rings is 1. The van der Waals surface area contributed by atoms with Gasteiger partial charge in [0.25, 0.3) is 5.56 Å². The summed E-state index contributed by atoms with van der Waals surface area (Å²) in [6.45, 7) is 5.88. The molecule has 1 heterocycles. The van der Waals surface area contributed by atoms with Gasteiger partial charge in [0, 0.05) is 7.05 Å². The van der Waals surface area contributed by atoms with E-state index >= 15 is 0 Å². The number of hydrogen-bond donors (Lipinski definition) is 0. The maximum absolute atomic E-state index is 11.9. The number of rotatable bonds is 0. The minimum atomic E-state index is 0.0283. The first-order valence-corrected chi connectivity index (χ1v) is 4.95. The van der Waals surface area contributed by atoms with E-state index in [1.165, 1.54) is 5.56 Å². The highest BCUT2D eigenvalue weighted by Crippen LogP contribution is 2.14. The van der Waals surface area contributed by atoms with Crippen molar-refractivity contribution in [2.24, 2.45) is 7.05 Å². The first-order chi connectivity index (χ1) is 7.00. The number of fused-ring (bicyclic) bond motifs is 1. The lowest BCUT2D eigenvalue weighted by Gasteiger charge is -2.07. The van der Waals surface area contributed by atoms with E-state index in [9.17, 15) is 4.79 Å². The highest BCUT2D eigenvalue weighted by atomic mass is 16.1. The summed E-state index contributed by atoms with van der Waals surface area (Å²) in [5.41, 5.74) is 3.12. The van der Waals surface area contributed by atoms with Crippen LogP contribution in [-0.2, 0) is 7.05 Å². The maximum atomic E-state index is 11.9. The summed E-state index contributed by atoms with van der Waals surface area (Å²) in [6, 6.07) is 3.89. The number of nitrogens with zero attached hydrogens (tertiary/aromatic N) is 2. The molecular weight excluding hydrogens is 188 g/mol. The molecule has 0 spiro atoms. The van der Waals surface area contributed by atoms with Gasteiger partial charge in [0.1, 0.15) is 5.82 Å². The Balaban J connectivity index is 3.00. The second-order valence-corrected chi connectivity index (χ2v) is 3.98. The normalized spacial score (nSPS) is 10.9. The number of hydrogen-bond acceptors (Lipinski definition) is 2. The Hall–Kier alpha value is -1.64. The van der Waals surface area contributed by atoms with Crippen molar-refractivity contribution >= 4 is 10.9 Å². The minimum Gasteiger partial charge on any atom is -0.299 e. The number of aryl methyl sites for hydroxylation is 3. The Kier molecular flexibility index (Phi) is 2.11. The lowest BCUT2D eigenvalue weighted by molar-refractivity contribution is 0.792. The zero-order valence-electron chi connectivity index (χ0n) is 9.46. The Morgan fingerprint density at radius 1 is 1.13 bits per heavy atom. The molecule has 0 radical (unpaired) electrons. The van der Waals surface area contributed by atoms with Crippen molar-refractivity contribution in [3.05, 3.63) is 39.4 Å². The Morgan fingerprint density at radius 2 is 1.73 bits per heavy atom. The van der Waals surface area contributed by atoms with E-state index in [-0.39, 0.29) is 5.56 Å². The van der Waals surface area contributed by atoms with Crippen molar-refractivity contribution in [1.82, 2.24) is 9.55 Å². The van der Waals surface area contributed by atoms with Crippen LogP contribution in [0.25, 0.3) is 10.9 Å². The Morgan fingerprint density at radius 3 is 2.40 bits per heavy atom. The second kappa shape index (κ2) is 3.19. The fourth-order valence-electron chi connectivity index (χ4n) is 1.64. The average Bonchev–Trinajstić information content (AvgIpc) is 2.19. The Bertz CT molecular complexity index is 591. The van der Waals surface area contributed by atoms with Gasteiger partial charge in [0.15, 0.2) is 0 Å². The van der Waals surface area contributed by atoms with Crippen LogP contribution >= 0.6 is 0 Å². The zero-order chi connectivity index (χ0) is 11.2. The van der Waals surface area contributed by atoms with Gasteiger partial charge in [-0.05, 0) is 44.0 Å². The van der Waals surface area contributed by atoms with E-state index in [4.69, 9.17) is 0 Å². The molecule has 0 fully saturated rings. The molecule has 2 rings (SSSR count). The predicted molar refractivity (Wildman–Crippen MR) is 61.2 cm³/mol. The first kappa shape index (κ1) is 9.90. The Labute approximate surface area is 88.4 Å². The van der Waals surface area contributed by atoms with Crippen LogP contribution in [0.1, 0.15) is 17.0 Å². The summed E-state index contributed by atoms with van der Waals surface area (Å²) >= 11 is 0. The van der Waals surface area contributed by atoms with Crippen LogP contribution in [0.4, 0.5) is 0 Å². The highest BCUT2D eigenvalue weighted by Gasteiger charge is 2.06. The van der Waals surface area contributed by atoms with Gasteiger partial charge in [0.05, 0.1) is 10.9 Å². The summed E-state index contributed by atoms with van der Waals surface area (Å²) < 4.78 is 1.58. The molecule has 0 saturated carbocycles. The van der Waals surface area contributed by atoms with Crippen molar-refractivity contribution in [3.8, 4) is 0 Å². The molecule has 0 aliphatic carbocycles. The van der Waals surface area contributed by atoms with Crippen molar-refractivity contribution in [2.45, 2.75) is 20.8 Å².